The molecule has 2 N–H and O–H groups in total. The molecule has 1 aliphatic heterocycles. The Morgan fingerprint density at radius 1 is 1.69 bits per heavy atom. The van der Waals surface area contributed by atoms with Gasteiger partial charge in [0.15, 0.2) is 5.69 Å². The Bertz CT molecular complexity index is 452. The number of nitriles is 1. The summed E-state index contributed by atoms with van der Waals surface area (Å²) < 4.78 is 0. The molecule has 0 spiro atoms. The van der Waals surface area contributed by atoms with E-state index < -0.39 is 0 Å². The highest BCUT2D eigenvalue weighted by Crippen LogP contribution is 2.25. The maximum absolute atomic E-state index is 11.0. The van der Waals surface area contributed by atoms with Crippen LogP contribution in [0.3, 0.4) is 0 Å². The smallest absolute Gasteiger partial charge is 0.222 e. The van der Waals surface area contributed by atoms with Crippen LogP contribution >= 0.6 is 0 Å². The number of carbonyl (C=O) groups excluding carboxylic acids is 1. The lowest BCUT2D eigenvalue weighted by Crippen LogP contribution is -2.27. The number of amides is 1. The number of nitrogens with zero attached hydrogens (tertiary/aromatic N) is 3. The molecule has 2 rings (SSSR count). The molecule has 2 heterocycles. The standard InChI is InChI=1S/C11H12N4O/c12-6-9-10(2-1-4-14-9)15-5-3-8(7-15)11(13)16/h1-2,4,8H,3,5,7H2,(H2,13,16). The molecule has 5 heteroatoms. The first-order chi connectivity index (χ1) is 7.72. The Labute approximate surface area is 93.5 Å². The van der Waals surface area contributed by atoms with E-state index >= 15 is 0 Å². The van der Waals surface area contributed by atoms with Gasteiger partial charge in [0.05, 0.1) is 11.6 Å². The van der Waals surface area contributed by atoms with E-state index in [0.29, 0.717) is 12.2 Å². The van der Waals surface area contributed by atoms with Crippen molar-refractivity contribution in [1.82, 2.24) is 4.98 Å². The third-order valence-electron chi connectivity index (χ3n) is 2.82. The van der Waals surface area contributed by atoms with E-state index in [-0.39, 0.29) is 11.8 Å². The van der Waals surface area contributed by atoms with Gasteiger partial charge in [-0.2, -0.15) is 5.26 Å². The van der Waals surface area contributed by atoms with Crippen LogP contribution < -0.4 is 10.6 Å². The summed E-state index contributed by atoms with van der Waals surface area (Å²) in [6.07, 6.45) is 2.33. The van der Waals surface area contributed by atoms with E-state index in [0.717, 1.165) is 18.7 Å². The van der Waals surface area contributed by atoms with Crippen molar-refractivity contribution in [1.29, 1.82) is 5.26 Å². The van der Waals surface area contributed by atoms with Gasteiger partial charge in [-0.15, -0.1) is 0 Å². The van der Waals surface area contributed by atoms with Gasteiger partial charge in [0.2, 0.25) is 5.91 Å². The fourth-order valence-electron chi connectivity index (χ4n) is 1.95. The molecule has 16 heavy (non-hydrogen) atoms. The van der Waals surface area contributed by atoms with Crippen LogP contribution in [0.5, 0.6) is 0 Å². The molecule has 1 fully saturated rings. The maximum Gasteiger partial charge on any atom is 0.222 e. The summed E-state index contributed by atoms with van der Waals surface area (Å²) in [4.78, 5) is 17.0. The van der Waals surface area contributed by atoms with E-state index in [2.05, 4.69) is 4.98 Å². The Hall–Kier alpha value is -2.09. The molecular formula is C11H12N4O. The maximum atomic E-state index is 11.0. The van der Waals surface area contributed by atoms with Gasteiger partial charge >= 0.3 is 0 Å². The number of hydrogen-bond donors (Lipinski definition) is 1. The van der Waals surface area contributed by atoms with Crippen LogP contribution in [0, 0.1) is 17.2 Å². The Balaban J connectivity index is 2.21. The average molecular weight is 216 g/mol. The zero-order valence-electron chi connectivity index (χ0n) is 8.76. The van der Waals surface area contributed by atoms with E-state index in [1.54, 1.807) is 12.3 Å². The number of carbonyl (C=O) groups is 1. The van der Waals surface area contributed by atoms with Gasteiger partial charge in [-0.3, -0.25) is 4.79 Å². The summed E-state index contributed by atoms with van der Waals surface area (Å²) >= 11 is 0. The van der Waals surface area contributed by atoms with Crippen LogP contribution in [-0.4, -0.2) is 24.0 Å². The lowest BCUT2D eigenvalue weighted by atomic mass is 10.1. The van der Waals surface area contributed by atoms with Crippen molar-refractivity contribution in [2.75, 3.05) is 18.0 Å². The second kappa shape index (κ2) is 4.19. The van der Waals surface area contributed by atoms with Gasteiger partial charge in [0.25, 0.3) is 0 Å². The molecule has 5 nitrogen and oxygen atoms in total. The minimum Gasteiger partial charge on any atom is -0.369 e. The molecule has 1 atom stereocenters. The molecule has 1 amide bonds. The van der Waals surface area contributed by atoms with Crippen LogP contribution in [0.15, 0.2) is 18.3 Å². The fraction of sp³-hybridized carbons (Fsp3) is 0.364. The molecule has 1 saturated heterocycles. The minimum atomic E-state index is -0.273. The third kappa shape index (κ3) is 1.82. The zero-order valence-corrected chi connectivity index (χ0v) is 8.76. The third-order valence-corrected chi connectivity index (χ3v) is 2.82. The molecule has 0 bridgehead atoms. The predicted octanol–water partition coefficient (Wildman–Crippen LogP) is 0.265. The number of hydrogen-bond acceptors (Lipinski definition) is 4. The number of rotatable bonds is 2. The van der Waals surface area contributed by atoms with E-state index in [1.807, 2.05) is 17.0 Å². The number of primary amides is 1. The topological polar surface area (TPSA) is 83.0 Å². The van der Waals surface area contributed by atoms with Crippen LogP contribution in [0.2, 0.25) is 0 Å². The summed E-state index contributed by atoms with van der Waals surface area (Å²) in [7, 11) is 0. The number of nitrogens with two attached hydrogens (primary N) is 1. The highest BCUT2D eigenvalue weighted by molar-refractivity contribution is 5.78. The Morgan fingerprint density at radius 2 is 2.50 bits per heavy atom. The SMILES string of the molecule is N#Cc1ncccc1N1CCC(C(N)=O)C1. The summed E-state index contributed by atoms with van der Waals surface area (Å²) in [5, 5.41) is 8.92. The molecule has 1 aromatic rings. The second-order valence-corrected chi connectivity index (χ2v) is 3.82. The van der Waals surface area contributed by atoms with Crippen LogP contribution in [0.1, 0.15) is 12.1 Å². The largest absolute Gasteiger partial charge is 0.369 e. The second-order valence-electron chi connectivity index (χ2n) is 3.82. The summed E-state index contributed by atoms with van der Waals surface area (Å²) in [6, 6.07) is 5.68. The summed E-state index contributed by atoms with van der Waals surface area (Å²) in [6.45, 7) is 1.32. The lowest BCUT2D eigenvalue weighted by molar-refractivity contribution is -0.121. The first-order valence-corrected chi connectivity index (χ1v) is 5.11. The van der Waals surface area contributed by atoms with Gasteiger partial charge in [-0.05, 0) is 18.6 Å². The van der Waals surface area contributed by atoms with Crippen molar-refractivity contribution >= 4 is 11.6 Å². The molecule has 1 unspecified atom stereocenters. The van der Waals surface area contributed by atoms with Gasteiger partial charge < -0.3 is 10.6 Å². The molecular weight excluding hydrogens is 204 g/mol. The van der Waals surface area contributed by atoms with Crippen LogP contribution in [-0.2, 0) is 4.79 Å². The van der Waals surface area contributed by atoms with Crippen molar-refractivity contribution in [3.8, 4) is 6.07 Å². The van der Waals surface area contributed by atoms with Crippen molar-refractivity contribution in [2.24, 2.45) is 11.7 Å². The molecule has 0 saturated carbocycles. The summed E-state index contributed by atoms with van der Waals surface area (Å²) in [5.41, 5.74) is 6.44. The number of aromatic nitrogens is 1. The average Bonchev–Trinajstić information content (AvgIpc) is 2.78. The van der Waals surface area contributed by atoms with E-state index in [4.69, 9.17) is 11.0 Å². The highest BCUT2D eigenvalue weighted by atomic mass is 16.1. The van der Waals surface area contributed by atoms with Gasteiger partial charge in [0.1, 0.15) is 6.07 Å². The van der Waals surface area contributed by atoms with E-state index in [9.17, 15) is 4.79 Å². The molecule has 0 aromatic carbocycles. The van der Waals surface area contributed by atoms with E-state index in [1.165, 1.54) is 0 Å². The van der Waals surface area contributed by atoms with Gasteiger partial charge in [0, 0.05) is 19.3 Å². The molecule has 1 aliphatic rings. The van der Waals surface area contributed by atoms with Gasteiger partial charge in [-0.1, -0.05) is 0 Å². The monoisotopic (exact) mass is 216 g/mol. The molecule has 0 radical (unpaired) electrons. The Morgan fingerprint density at radius 3 is 3.12 bits per heavy atom. The quantitative estimate of drug-likeness (QED) is 0.768. The molecule has 1 aromatic heterocycles. The van der Waals surface area contributed by atoms with Gasteiger partial charge in [-0.25, -0.2) is 4.98 Å². The fourth-order valence-corrected chi connectivity index (χ4v) is 1.95. The lowest BCUT2D eigenvalue weighted by Gasteiger charge is -2.18. The zero-order chi connectivity index (χ0) is 11.5. The number of pyridine rings is 1. The first-order valence-electron chi connectivity index (χ1n) is 5.11. The first kappa shape index (κ1) is 10.4. The minimum absolute atomic E-state index is 0.119. The summed E-state index contributed by atoms with van der Waals surface area (Å²) in [5.74, 6) is -0.392. The van der Waals surface area contributed by atoms with Crippen molar-refractivity contribution < 1.29 is 4.79 Å². The van der Waals surface area contributed by atoms with Crippen molar-refractivity contribution in [3.63, 3.8) is 0 Å². The van der Waals surface area contributed by atoms with Crippen molar-refractivity contribution in [2.45, 2.75) is 6.42 Å². The number of anilines is 1. The van der Waals surface area contributed by atoms with Crippen molar-refractivity contribution in [3.05, 3.63) is 24.0 Å². The molecule has 82 valence electrons. The van der Waals surface area contributed by atoms with Crippen LogP contribution in [0.4, 0.5) is 5.69 Å². The molecule has 0 aliphatic carbocycles. The Kier molecular flexibility index (Phi) is 2.73. The normalized spacial score (nSPS) is 19.4. The van der Waals surface area contributed by atoms with Crippen LogP contribution in [0.25, 0.3) is 0 Å². The highest BCUT2D eigenvalue weighted by Gasteiger charge is 2.27. The predicted molar refractivity (Wildman–Crippen MR) is 58.5 cm³/mol.